The van der Waals surface area contributed by atoms with Crippen LogP contribution in [0.5, 0.6) is 0 Å². The van der Waals surface area contributed by atoms with E-state index >= 15 is 0 Å². The average molecular weight is 255 g/mol. The van der Waals surface area contributed by atoms with Crippen LogP contribution in [0, 0.1) is 5.92 Å². The molecule has 1 heterocycles. The van der Waals surface area contributed by atoms with Crippen LogP contribution < -0.4 is 10.6 Å². The lowest BCUT2D eigenvalue weighted by Crippen LogP contribution is -2.36. The summed E-state index contributed by atoms with van der Waals surface area (Å²) in [6.07, 6.45) is 0. The Morgan fingerprint density at radius 3 is 2.86 bits per heavy atom. The third-order valence-electron chi connectivity index (χ3n) is 2.64. The highest BCUT2D eigenvalue weighted by Gasteiger charge is 2.19. The quantitative estimate of drug-likeness (QED) is 0.804. The van der Waals surface area contributed by atoms with Crippen molar-refractivity contribution in [2.24, 2.45) is 5.92 Å². The molecular formula is C11H15BrN2. The van der Waals surface area contributed by atoms with E-state index in [1.165, 1.54) is 11.4 Å². The number of rotatable bonds is 1. The fourth-order valence-corrected chi connectivity index (χ4v) is 2.02. The van der Waals surface area contributed by atoms with Gasteiger partial charge in [-0.1, -0.05) is 29.8 Å². The van der Waals surface area contributed by atoms with Crippen molar-refractivity contribution in [2.45, 2.75) is 19.9 Å². The second-order valence-corrected chi connectivity index (χ2v) is 4.98. The summed E-state index contributed by atoms with van der Waals surface area (Å²) in [4.78, 5) is 0. The van der Waals surface area contributed by atoms with Crippen molar-refractivity contribution in [2.75, 3.05) is 17.2 Å². The second-order valence-electron chi connectivity index (χ2n) is 4.07. The van der Waals surface area contributed by atoms with E-state index in [1.807, 2.05) is 0 Å². The van der Waals surface area contributed by atoms with Crippen LogP contribution in [-0.4, -0.2) is 12.6 Å². The Morgan fingerprint density at radius 2 is 2.14 bits per heavy atom. The maximum atomic E-state index is 3.54. The van der Waals surface area contributed by atoms with Crippen molar-refractivity contribution in [3.8, 4) is 0 Å². The number of benzene rings is 1. The number of fused-ring (bicyclic) bond motifs is 1. The van der Waals surface area contributed by atoms with Gasteiger partial charge < -0.3 is 10.6 Å². The van der Waals surface area contributed by atoms with Crippen LogP contribution in [0.2, 0.25) is 0 Å². The van der Waals surface area contributed by atoms with E-state index in [0.29, 0.717) is 12.0 Å². The summed E-state index contributed by atoms with van der Waals surface area (Å²) in [5, 5.41) is 6.98. The van der Waals surface area contributed by atoms with Crippen LogP contribution in [0.1, 0.15) is 13.8 Å². The SMILES string of the molecule is CC(C)C1CNc2ccc(Br)cc2N1. The second kappa shape index (κ2) is 3.81. The largest absolute Gasteiger partial charge is 0.381 e. The van der Waals surface area contributed by atoms with E-state index in [2.05, 4.69) is 58.6 Å². The Morgan fingerprint density at radius 1 is 1.36 bits per heavy atom. The van der Waals surface area contributed by atoms with Gasteiger partial charge in [0.25, 0.3) is 0 Å². The van der Waals surface area contributed by atoms with Crippen LogP contribution in [0.3, 0.4) is 0 Å². The zero-order chi connectivity index (χ0) is 10.1. The third-order valence-corrected chi connectivity index (χ3v) is 3.13. The van der Waals surface area contributed by atoms with Gasteiger partial charge >= 0.3 is 0 Å². The molecule has 0 saturated carbocycles. The van der Waals surface area contributed by atoms with Gasteiger partial charge in [0.1, 0.15) is 0 Å². The zero-order valence-electron chi connectivity index (χ0n) is 8.47. The Kier molecular flexibility index (Phi) is 2.68. The van der Waals surface area contributed by atoms with Crippen molar-refractivity contribution in [1.82, 2.24) is 0 Å². The summed E-state index contributed by atoms with van der Waals surface area (Å²) in [7, 11) is 0. The maximum Gasteiger partial charge on any atom is 0.0590 e. The first-order valence-electron chi connectivity index (χ1n) is 4.97. The maximum absolute atomic E-state index is 3.54. The van der Waals surface area contributed by atoms with Gasteiger partial charge in [0.15, 0.2) is 0 Å². The molecule has 2 rings (SSSR count). The molecule has 0 amide bonds. The summed E-state index contributed by atoms with van der Waals surface area (Å²) < 4.78 is 1.12. The fourth-order valence-electron chi connectivity index (χ4n) is 1.66. The molecule has 14 heavy (non-hydrogen) atoms. The molecule has 0 bridgehead atoms. The van der Waals surface area contributed by atoms with Crippen molar-refractivity contribution in [3.63, 3.8) is 0 Å². The van der Waals surface area contributed by atoms with E-state index in [0.717, 1.165) is 11.0 Å². The molecule has 0 aromatic heterocycles. The summed E-state index contributed by atoms with van der Waals surface area (Å²) in [5.74, 6) is 0.648. The van der Waals surface area contributed by atoms with Crippen molar-refractivity contribution >= 4 is 27.3 Å². The van der Waals surface area contributed by atoms with E-state index in [-0.39, 0.29) is 0 Å². The number of anilines is 2. The number of hydrogen-bond donors (Lipinski definition) is 2. The van der Waals surface area contributed by atoms with E-state index in [1.54, 1.807) is 0 Å². The van der Waals surface area contributed by atoms with Crippen LogP contribution in [-0.2, 0) is 0 Å². The molecule has 0 saturated heterocycles. The topological polar surface area (TPSA) is 24.1 Å². The molecule has 76 valence electrons. The molecule has 2 N–H and O–H groups in total. The number of hydrogen-bond acceptors (Lipinski definition) is 2. The zero-order valence-corrected chi connectivity index (χ0v) is 10.1. The summed E-state index contributed by atoms with van der Waals surface area (Å²) in [6.45, 7) is 5.48. The average Bonchev–Trinajstić information content (AvgIpc) is 2.16. The predicted octanol–water partition coefficient (Wildman–Crippen LogP) is 3.31. The molecule has 1 unspecified atom stereocenters. The Hall–Kier alpha value is -0.700. The van der Waals surface area contributed by atoms with E-state index < -0.39 is 0 Å². The van der Waals surface area contributed by atoms with Gasteiger partial charge in [-0.25, -0.2) is 0 Å². The lowest BCUT2D eigenvalue weighted by atomic mass is 10.0. The first kappa shape index (κ1) is 9.84. The molecule has 1 aliphatic rings. The van der Waals surface area contributed by atoms with Crippen LogP contribution in [0.15, 0.2) is 22.7 Å². The van der Waals surface area contributed by atoms with Crippen LogP contribution in [0.25, 0.3) is 0 Å². The molecule has 3 heteroatoms. The Bertz CT molecular complexity index is 336. The van der Waals surface area contributed by atoms with E-state index in [4.69, 9.17) is 0 Å². The van der Waals surface area contributed by atoms with Crippen LogP contribution in [0.4, 0.5) is 11.4 Å². The third kappa shape index (κ3) is 1.87. The Labute approximate surface area is 93.2 Å². The van der Waals surface area contributed by atoms with Gasteiger partial charge in [-0.15, -0.1) is 0 Å². The van der Waals surface area contributed by atoms with Gasteiger partial charge in [-0.2, -0.15) is 0 Å². The number of halogens is 1. The van der Waals surface area contributed by atoms with Gasteiger partial charge in [-0.3, -0.25) is 0 Å². The van der Waals surface area contributed by atoms with Crippen molar-refractivity contribution < 1.29 is 0 Å². The Balaban J connectivity index is 2.24. The lowest BCUT2D eigenvalue weighted by Gasteiger charge is -2.31. The molecule has 0 spiro atoms. The predicted molar refractivity (Wildman–Crippen MR) is 64.9 cm³/mol. The van der Waals surface area contributed by atoms with Crippen molar-refractivity contribution in [3.05, 3.63) is 22.7 Å². The van der Waals surface area contributed by atoms with Gasteiger partial charge in [0.2, 0.25) is 0 Å². The van der Waals surface area contributed by atoms with Gasteiger partial charge in [0.05, 0.1) is 11.4 Å². The molecule has 0 aliphatic carbocycles. The highest BCUT2D eigenvalue weighted by molar-refractivity contribution is 9.10. The molecule has 0 radical (unpaired) electrons. The van der Waals surface area contributed by atoms with Crippen molar-refractivity contribution in [1.29, 1.82) is 0 Å². The molecule has 1 aromatic rings. The van der Waals surface area contributed by atoms with Gasteiger partial charge in [0, 0.05) is 17.1 Å². The summed E-state index contributed by atoms with van der Waals surface area (Å²) in [5.41, 5.74) is 2.40. The highest BCUT2D eigenvalue weighted by Crippen LogP contribution is 2.30. The van der Waals surface area contributed by atoms with Crippen LogP contribution >= 0.6 is 15.9 Å². The first-order chi connectivity index (χ1) is 6.66. The normalized spacial score (nSPS) is 19.9. The number of nitrogens with one attached hydrogen (secondary N) is 2. The molecule has 2 nitrogen and oxygen atoms in total. The molecule has 0 fully saturated rings. The monoisotopic (exact) mass is 254 g/mol. The summed E-state index contributed by atoms with van der Waals surface area (Å²) in [6, 6.07) is 6.81. The first-order valence-corrected chi connectivity index (χ1v) is 5.76. The van der Waals surface area contributed by atoms with Gasteiger partial charge in [-0.05, 0) is 24.1 Å². The minimum Gasteiger partial charge on any atom is -0.381 e. The minimum absolute atomic E-state index is 0.525. The molecule has 1 aromatic carbocycles. The lowest BCUT2D eigenvalue weighted by molar-refractivity contribution is 0.536. The van der Waals surface area contributed by atoms with E-state index in [9.17, 15) is 0 Å². The fraction of sp³-hybridized carbons (Fsp3) is 0.455. The molecule has 1 atom stereocenters. The summed E-state index contributed by atoms with van der Waals surface area (Å²) >= 11 is 3.48. The molecule has 1 aliphatic heterocycles. The molecular weight excluding hydrogens is 240 g/mol. The minimum atomic E-state index is 0.525. The standard InChI is InChI=1S/C11H15BrN2/c1-7(2)11-6-13-9-4-3-8(12)5-10(9)14-11/h3-5,7,11,13-14H,6H2,1-2H3. The highest BCUT2D eigenvalue weighted by atomic mass is 79.9. The smallest absolute Gasteiger partial charge is 0.0590 e.